The van der Waals surface area contributed by atoms with Gasteiger partial charge < -0.3 is 15.4 Å². The largest absolute Gasteiger partial charge is 0.495 e. The second-order valence-corrected chi connectivity index (χ2v) is 6.08. The molecule has 2 aromatic carbocycles. The maximum absolute atomic E-state index is 13.6. The van der Waals surface area contributed by atoms with E-state index in [0.717, 1.165) is 0 Å². The van der Waals surface area contributed by atoms with Crippen molar-refractivity contribution in [2.24, 2.45) is 0 Å². The van der Waals surface area contributed by atoms with E-state index in [1.54, 1.807) is 23.5 Å². The molecule has 1 amide bonds. The number of hydrogen-bond donors (Lipinski definition) is 2. The summed E-state index contributed by atoms with van der Waals surface area (Å²) < 4.78 is 18.8. The summed E-state index contributed by atoms with van der Waals surface area (Å²) >= 11 is 11.8. The molecule has 0 saturated heterocycles. The third kappa shape index (κ3) is 4.60. The lowest BCUT2D eigenvalue weighted by Gasteiger charge is -2.14. The molecule has 2 aromatic rings. The molecule has 24 heavy (non-hydrogen) atoms. The van der Waals surface area contributed by atoms with Crippen LogP contribution in [0.2, 0.25) is 10.0 Å². The molecule has 128 valence electrons. The zero-order valence-corrected chi connectivity index (χ0v) is 14.8. The Kier molecular flexibility index (Phi) is 6.43. The number of carbonyl (C=O) groups excluding carboxylic acids is 1. The highest BCUT2D eigenvalue weighted by molar-refractivity contribution is 6.35. The molecule has 0 radical (unpaired) electrons. The lowest BCUT2D eigenvalue weighted by atomic mass is 10.1. The fourth-order valence-corrected chi connectivity index (χ4v) is 2.80. The number of para-hydroxylation sites is 2. The first-order chi connectivity index (χ1) is 11.4. The van der Waals surface area contributed by atoms with Gasteiger partial charge in [0.15, 0.2) is 6.54 Å². The predicted octanol–water partition coefficient (Wildman–Crippen LogP) is 3.40. The average Bonchev–Trinajstić information content (AvgIpc) is 2.56. The predicted molar refractivity (Wildman–Crippen MR) is 93.3 cm³/mol. The van der Waals surface area contributed by atoms with Crippen molar-refractivity contribution in [2.45, 2.75) is 13.0 Å². The summed E-state index contributed by atoms with van der Waals surface area (Å²) in [7, 11) is 1.54. The molecule has 0 aliphatic heterocycles. The molecule has 0 aliphatic carbocycles. The number of benzene rings is 2. The van der Waals surface area contributed by atoms with Crippen LogP contribution in [0.25, 0.3) is 0 Å². The zero-order chi connectivity index (χ0) is 17.7. The van der Waals surface area contributed by atoms with Gasteiger partial charge in [-0.05, 0) is 31.2 Å². The number of ether oxygens (including phenoxy) is 1. The van der Waals surface area contributed by atoms with Crippen molar-refractivity contribution in [3.63, 3.8) is 0 Å². The van der Waals surface area contributed by atoms with E-state index in [1.807, 2.05) is 13.0 Å². The third-order valence-electron chi connectivity index (χ3n) is 3.57. The second kappa shape index (κ2) is 8.33. The summed E-state index contributed by atoms with van der Waals surface area (Å²) in [5.41, 5.74) is 1.19. The molecule has 3 N–H and O–H groups in total. The topological polar surface area (TPSA) is 54.9 Å². The molecule has 0 fully saturated rings. The number of carbonyl (C=O) groups is 1. The van der Waals surface area contributed by atoms with Crippen molar-refractivity contribution < 1.29 is 19.2 Å². The van der Waals surface area contributed by atoms with Crippen LogP contribution in [0, 0.1) is 5.82 Å². The monoisotopic (exact) mass is 371 g/mol. The van der Waals surface area contributed by atoms with Gasteiger partial charge in [0.25, 0.3) is 5.91 Å². The van der Waals surface area contributed by atoms with Crippen molar-refractivity contribution in [3.05, 3.63) is 57.8 Å². The first-order valence-corrected chi connectivity index (χ1v) is 8.08. The zero-order valence-electron chi connectivity index (χ0n) is 13.3. The van der Waals surface area contributed by atoms with Gasteiger partial charge in [-0.25, -0.2) is 4.39 Å². The smallest absolute Gasteiger partial charge is 0.279 e. The van der Waals surface area contributed by atoms with Gasteiger partial charge in [-0.2, -0.15) is 0 Å². The molecule has 0 saturated carbocycles. The van der Waals surface area contributed by atoms with Crippen LogP contribution in [-0.4, -0.2) is 19.6 Å². The Morgan fingerprint density at radius 1 is 1.29 bits per heavy atom. The number of quaternary nitrogens is 1. The van der Waals surface area contributed by atoms with Crippen molar-refractivity contribution in [1.82, 2.24) is 0 Å². The van der Waals surface area contributed by atoms with Gasteiger partial charge in [0.2, 0.25) is 0 Å². The number of anilines is 1. The third-order valence-corrected chi connectivity index (χ3v) is 4.19. The summed E-state index contributed by atoms with van der Waals surface area (Å²) in [6, 6.07) is 9.61. The van der Waals surface area contributed by atoms with Crippen molar-refractivity contribution in [1.29, 1.82) is 0 Å². The van der Waals surface area contributed by atoms with Gasteiger partial charge in [0.1, 0.15) is 17.6 Å². The van der Waals surface area contributed by atoms with Gasteiger partial charge >= 0.3 is 0 Å². The van der Waals surface area contributed by atoms with E-state index in [1.165, 1.54) is 19.2 Å². The number of methoxy groups -OCH3 is 1. The normalized spacial score (nSPS) is 11.9. The quantitative estimate of drug-likeness (QED) is 0.764. The SMILES string of the molecule is COc1ccccc1NC(=O)C[NH2+][C@@H](C)c1cc(F)c(Cl)cc1Cl. The summed E-state index contributed by atoms with van der Waals surface area (Å²) in [6.45, 7) is 1.99. The van der Waals surface area contributed by atoms with Gasteiger partial charge in [0.05, 0.1) is 22.8 Å². The molecule has 1 atom stereocenters. The Hall–Kier alpha value is -1.82. The number of amides is 1. The number of rotatable bonds is 6. The molecule has 0 aromatic heterocycles. The molecule has 0 unspecified atom stereocenters. The molecule has 2 rings (SSSR count). The molecule has 0 heterocycles. The van der Waals surface area contributed by atoms with E-state index in [-0.39, 0.29) is 23.5 Å². The van der Waals surface area contributed by atoms with E-state index in [9.17, 15) is 9.18 Å². The van der Waals surface area contributed by atoms with E-state index in [4.69, 9.17) is 27.9 Å². The summed E-state index contributed by atoms with van der Waals surface area (Å²) in [5.74, 6) is -0.145. The highest BCUT2D eigenvalue weighted by Gasteiger charge is 2.17. The highest BCUT2D eigenvalue weighted by Crippen LogP contribution is 2.27. The second-order valence-electron chi connectivity index (χ2n) is 5.26. The minimum Gasteiger partial charge on any atom is -0.495 e. The highest BCUT2D eigenvalue weighted by atomic mass is 35.5. The first-order valence-electron chi connectivity index (χ1n) is 7.33. The van der Waals surface area contributed by atoms with Crippen LogP contribution < -0.4 is 15.4 Å². The number of nitrogens with one attached hydrogen (secondary N) is 1. The van der Waals surface area contributed by atoms with Gasteiger partial charge in [0, 0.05) is 5.56 Å². The van der Waals surface area contributed by atoms with Crippen LogP contribution in [0.3, 0.4) is 0 Å². The minimum atomic E-state index is -0.533. The van der Waals surface area contributed by atoms with E-state index in [0.29, 0.717) is 22.0 Å². The maximum atomic E-state index is 13.6. The van der Waals surface area contributed by atoms with Crippen LogP contribution in [0.5, 0.6) is 5.75 Å². The van der Waals surface area contributed by atoms with Crippen LogP contribution in [0.1, 0.15) is 18.5 Å². The Morgan fingerprint density at radius 2 is 2.00 bits per heavy atom. The van der Waals surface area contributed by atoms with Crippen molar-refractivity contribution in [2.75, 3.05) is 19.0 Å². The minimum absolute atomic E-state index is 0.0233. The Balaban J connectivity index is 1.97. The molecular weight excluding hydrogens is 354 g/mol. The van der Waals surface area contributed by atoms with Gasteiger partial charge in [-0.1, -0.05) is 35.3 Å². The van der Waals surface area contributed by atoms with Gasteiger partial charge in [-0.3, -0.25) is 4.79 Å². The fourth-order valence-electron chi connectivity index (χ4n) is 2.25. The average molecular weight is 372 g/mol. The fraction of sp³-hybridized carbons (Fsp3) is 0.235. The lowest BCUT2D eigenvalue weighted by Crippen LogP contribution is -2.86. The number of nitrogens with two attached hydrogens (primary N) is 1. The summed E-state index contributed by atoms with van der Waals surface area (Å²) in [5, 5.41) is 4.89. The van der Waals surface area contributed by atoms with E-state index in [2.05, 4.69) is 5.32 Å². The molecule has 7 heteroatoms. The standard InChI is InChI=1S/C17H17Cl2FN2O2/c1-10(11-7-14(20)13(19)8-12(11)18)21-9-17(23)22-15-5-3-4-6-16(15)24-2/h3-8,10,21H,9H2,1-2H3,(H,22,23)/p+1/t10-/m0/s1. The van der Waals surface area contributed by atoms with Crippen LogP contribution in [-0.2, 0) is 4.79 Å². The van der Waals surface area contributed by atoms with Crippen LogP contribution >= 0.6 is 23.2 Å². The van der Waals surface area contributed by atoms with Crippen LogP contribution in [0.15, 0.2) is 36.4 Å². The van der Waals surface area contributed by atoms with E-state index >= 15 is 0 Å². The van der Waals surface area contributed by atoms with Gasteiger partial charge in [-0.15, -0.1) is 0 Å². The first kappa shape index (κ1) is 18.5. The molecular formula is C17H18Cl2FN2O2+. The Labute approximate surface area is 149 Å². The maximum Gasteiger partial charge on any atom is 0.279 e. The molecule has 0 spiro atoms. The van der Waals surface area contributed by atoms with Crippen molar-refractivity contribution >= 4 is 34.8 Å². The summed E-state index contributed by atoms with van der Waals surface area (Å²) in [4.78, 5) is 12.1. The van der Waals surface area contributed by atoms with Crippen LogP contribution in [0.4, 0.5) is 10.1 Å². The van der Waals surface area contributed by atoms with E-state index < -0.39 is 5.82 Å². The lowest BCUT2D eigenvalue weighted by molar-refractivity contribution is -0.682. The number of hydrogen-bond acceptors (Lipinski definition) is 2. The van der Waals surface area contributed by atoms with Crippen molar-refractivity contribution in [3.8, 4) is 5.75 Å². The Morgan fingerprint density at radius 3 is 2.71 bits per heavy atom. The molecule has 4 nitrogen and oxygen atoms in total. The number of halogens is 3. The molecule has 0 bridgehead atoms. The Bertz CT molecular complexity index is 741. The summed E-state index contributed by atoms with van der Waals surface area (Å²) in [6.07, 6.45) is 0. The molecule has 0 aliphatic rings.